The molecule has 4 aromatic rings. The molecule has 0 radical (unpaired) electrons. The number of anilines is 2. The third-order valence-electron chi connectivity index (χ3n) is 8.47. The predicted molar refractivity (Wildman–Crippen MR) is 162 cm³/mol. The van der Waals surface area contributed by atoms with E-state index in [0.717, 1.165) is 63.5 Å². The summed E-state index contributed by atoms with van der Waals surface area (Å²) in [6, 6.07) is 4.21. The maximum atomic E-state index is 13.8. The van der Waals surface area contributed by atoms with E-state index in [0.29, 0.717) is 47.2 Å². The molecule has 1 aliphatic carbocycles. The van der Waals surface area contributed by atoms with Crippen LogP contribution in [0.5, 0.6) is 5.88 Å². The van der Waals surface area contributed by atoms with Gasteiger partial charge < -0.3 is 24.7 Å². The molecule has 2 fully saturated rings. The Morgan fingerprint density at radius 2 is 1.75 bits per heavy atom. The number of hydrogen-bond acceptors (Lipinski definition) is 9. The second-order valence-corrected chi connectivity index (χ2v) is 11.7. The van der Waals surface area contributed by atoms with Crippen molar-refractivity contribution in [3.63, 3.8) is 0 Å². The van der Waals surface area contributed by atoms with Crippen molar-refractivity contribution in [2.45, 2.75) is 58.0 Å². The Kier molecular flexibility index (Phi) is 8.57. The quantitative estimate of drug-likeness (QED) is 0.208. The van der Waals surface area contributed by atoms with Gasteiger partial charge in [-0.25, -0.2) is 24.9 Å². The second kappa shape index (κ2) is 12.5. The first-order valence-electron chi connectivity index (χ1n) is 15.2. The van der Waals surface area contributed by atoms with Crippen LogP contribution in [0, 0.1) is 5.41 Å². The lowest BCUT2D eigenvalue weighted by molar-refractivity contribution is -0.141. The van der Waals surface area contributed by atoms with Crippen LogP contribution in [-0.2, 0) is 10.9 Å². The Morgan fingerprint density at radius 3 is 2.43 bits per heavy atom. The highest BCUT2D eigenvalue weighted by Gasteiger charge is 2.35. The number of nitrogens with zero attached hydrogens (tertiary/aromatic N) is 6. The fraction of sp³-hybridized carbons (Fsp3) is 0.516. The molecule has 0 bridgehead atoms. The average molecular weight is 611 g/mol. The van der Waals surface area contributed by atoms with E-state index in [2.05, 4.69) is 35.1 Å². The van der Waals surface area contributed by atoms with Crippen LogP contribution in [0.25, 0.3) is 33.9 Å². The van der Waals surface area contributed by atoms with E-state index in [1.165, 1.54) is 12.5 Å². The van der Waals surface area contributed by atoms with Gasteiger partial charge in [-0.05, 0) is 51.2 Å². The van der Waals surface area contributed by atoms with Crippen LogP contribution in [-0.4, -0.2) is 69.9 Å². The van der Waals surface area contributed by atoms with Crippen LogP contribution in [0.15, 0.2) is 30.6 Å². The van der Waals surface area contributed by atoms with E-state index in [-0.39, 0.29) is 23.5 Å². The summed E-state index contributed by atoms with van der Waals surface area (Å²) in [5, 5.41) is 3.56. The molecule has 1 saturated carbocycles. The minimum absolute atomic E-state index is 0.0363. The Balaban J connectivity index is 1.40. The van der Waals surface area contributed by atoms with Gasteiger partial charge in [0.1, 0.15) is 22.7 Å². The number of methoxy groups -OCH3 is 1. The van der Waals surface area contributed by atoms with Crippen molar-refractivity contribution in [2.24, 2.45) is 5.41 Å². The van der Waals surface area contributed by atoms with E-state index < -0.39 is 11.9 Å². The number of aromatic amines is 1. The highest BCUT2D eigenvalue weighted by molar-refractivity contribution is 5.90. The second-order valence-electron chi connectivity index (χ2n) is 11.7. The number of aromatic nitrogens is 6. The molecule has 44 heavy (non-hydrogen) atoms. The minimum Gasteiger partial charge on any atom is -0.478 e. The van der Waals surface area contributed by atoms with Gasteiger partial charge in [-0.1, -0.05) is 12.8 Å². The Hall–Kier alpha value is -4.00. The lowest BCUT2D eigenvalue weighted by Crippen LogP contribution is -2.31. The number of rotatable bonds is 10. The van der Waals surface area contributed by atoms with E-state index >= 15 is 0 Å². The summed E-state index contributed by atoms with van der Waals surface area (Å²) in [7, 11) is 1.71. The fourth-order valence-corrected chi connectivity index (χ4v) is 6.23. The van der Waals surface area contributed by atoms with Gasteiger partial charge >= 0.3 is 6.18 Å². The van der Waals surface area contributed by atoms with Gasteiger partial charge in [0.2, 0.25) is 5.88 Å². The standard InChI is InChI=1S/C31H37F3N8O2/c1-3-44-26-14-20(13-24(39-26)31(32,33)34)21-15-22(37-18-30(19-43-2)9-5-6-10-30)27-29(38-21)41-28(40-27)23-16-36-25(17-35-23)42-11-7-4-8-12-42/h13-17H,3-12,18-19H2,1-2H3,(H2,37,38,40,41). The largest absolute Gasteiger partial charge is 0.478 e. The average Bonchev–Trinajstić information content (AvgIpc) is 3.68. The summed E-state index contributed by atoms with van der Waals surface area (Å²) < 4.78 is 52.3. The number of alkyl halides is 3. The zero-order valence-electron chi connectivity index (χ0n) is 25.0. The van der Waals surface area contributed by atoms with E-state index in [1.54, 1.807) is 32.5 Å². The van der Waals surface area contributed by atoms with Crippen molar-refractivity contribution < 1.29 is 22.6 Å². The van der Waals surface area contributed by atoms with E-state index in [1.807, 2.05) is 0 Å². The van der Waals surface area contributed by atoms with Crippen molar-refractivity contribution in [3.8, 4) is 28.7 Å². The van der Waals surface area contributed by atoms with Crippen LogP contribution in [0.4, 0.5) is 24.7 Å². The van der Waals surface area contributed by atoms with Crippen LogP contribution in [0.3, 0.4) is 0 Å². The third-order valence-corrected chi connectivity index (χ3v) is 8.47. The molecule has 13 heteroatoms. The van der Waals surface area contributed by atoms with Gasteiger partial charge in [0.05, 0.1) is 37.0 Å². The molecule has 2 aliphatic rings. The van der Waals surface area contributed by atoms with Crippen molar-refractivity contribution in [3.05, 3.63) is 36.3 Å². The van der Waals surface area contributed by atoms with Crippen molar-refractivity contribution in [1.82, 2.24) is 29.9 Å². The number of pyridine rings is 2. The van der Waals surface area contributed by atoms with Gasteiger partial charge in [-0.2, -0.15) is 13.2 Å². The number of hydrogen-bond donors (Lipinski definition) is 2. The maximum absolute atomic E-state index is 13.8. The molecular formula is C31H37F3N8O2. The Labute approximate surface area is 253 Å². The molecule has 2 N–H and O–H groups in total. The summed E-state index contributed by atoms with van der Waals surface area (Å²) in [5.41, 5.74) is 1.65. The van der Waals surface area contributed by atoms with Crippen LogP contribution >= 0.6 is 0 Å². The number of piperidine rings is 1. The van der Waals surface area contributed by atoms with Gasteiger partial charge in [0, 0.05) is 43.8 Å². The van der Waals surface area contributed by atoms with Crippen molar-refractivity contribution in [1.29, 1.82) is 0 Å². The first-order valence-corrected chi connectivity index (χ1v) is 15.2. The monoisotopic (exact) mass is 610 g/mol. The van der Waals surface area contributed by atoms with Gasteiger partial charge in [0.25, 0.3) is 0 Å². The molecule has 1 saturated heterocycles. The summed E-state index contributed by atoms with van der Waals surface area (Å²) in [4.78, 5) is 27.9. The molecule has 0 unspecified atom stereocenters. The first-order chi connectivity index (χ1) is 21.3. The number of imidazole rings is 1. The summed E-state index contributed by atoms with van der Waals surface area (Å²) in [6.45, 7) is 5.04. The van der Waals surface area contributed by atoms with Gasteiger partial charge in [-0.3, -0.25) is 0 Å². The lowest BCUT2D eigenvalue weighted by Gasteiger charge is -2.29. The number of nitrogens with one attached hydrogen (secondary N) is 2. The smallest absolute Gasteiger partial charge is 0.433 e. The van der Waals surface area contributed by atoms with Crippen LogP contribution < -0.4 is 15.0 Å². The molecule has 1 aliphatic heterocycles. The Morgan fingerprint density at radius 1 is 0.955 bits per heavy atom. The van der Waals surface area contributed by atoms with Crippen molar-refractivity contribution >= 4 is 22.7 Å². The molecule has 234 valence electrons. The highest BCUT2D eigenvalue weighted by Crippen LogP contribution is 2.40. The summed E-state index contributed by atoms with van der Waals surface area (Å²) in [6.07, 6.45) is 6.59. The molecular weight excluding hydrogens is 573 g/mol. The summed E-state index contributed by atoms with van der Waals surface area (Å²) in [5.74, 6) is 1.18. The van der Waals surface area contributed by atoms with Crippen molar-refractivity contribution in [2.75, 3.05) is 50.2 Å². The van der Waals surface area contributed by atoms with Crippen LogP contribution in [0.2, 0.25) is 0 Å². The maximum Gasteiger partial charge on any atom is 0.433 e. The van der Waals surface area contributed by atoms with Gasteiger partial charge in [-0.15, -0.1) is 0 Å². The third kappa shape index (κ3) is 6.42. The van der Waals surface area contributed by atoms with E-state index in [4.69, 9.17) is 14.5 Å². The molecule has 5 heterocycles. The number of H-pyrrole nitrogens is 1. The first kappa shape index (κ1) is 30.0. The van der Waals surface area contributed by atoms with Crippen LogP contribution in [0.1, 0.15) is 57.6 Å². The number of fused-ring (bicyclic) bond motifs is 1. The molecule has 0 aromatic carbocycles. The molecule has 6 rings (SSSR count). The van der Waals surface area contributed by atoms with Gasteiger partial charge in [0.15, 0.2) is 11.5 Å². The zero-order chi connectivity index (χ0) is 30.7. The SMILES string of the molecule is CCOc1cc(-c2cc(NCC3(COC)CCCC3)c3[nH]c(-c4cnc(N5CCCCC5)cn4)nc3n2)cc(C(F)(F)F)n1. The molecule has 0 amide bonds. The number of ether oxygens (including phenoxy) is 2. The van der Waals surface area contributed by atoms with E-state index in [9.17, 15) is 13.2 Å². The number of halogens is 3. The summed E-state index contributed by atoms with van der Waals surface area (Å²) >= 11 is 0. The molecule has 10 nitrogen and oxygen atoms in total. The molecule has 4 aromatic heterocycles. The minimum atomic E-state index is -4.65. The highest BCUT2D eigenvalue weighted by atomic mass is 19.4. The fourth-order valence-electron chi connectivity index (χ4n) is 6.23. The Bertz CT molecular complexity index is 1580. The zero-order valence-corrected chi connectivity index (χ0v) is 25.0. The lowest BCUT2D eigenvalue weighted by atomic mass is 9.87. The predicted octanol–water partition coefficient (Wildman–Crippen LogP) is 6.50. The normalized spacial score (nSPS) is 16.9. The molecule has 0 spiro atoms. The molecule has 0 atom stereocenters. The topological polar surface area (TPSA) is 114 Å².